The van der Waals surface area contributed by atoms with Crippen molar-refractivity contribution in [1.29, 1.82) is 0 Å². The van der Waals surface area contributed by atoms with Crippen LogP contribution < -0.4 is 0 Å². The molecule has 4 rings (SSSR count). The third-order valence-corrected chi connectivity index (χ3v) is 12.5. The summed E-state index contributed by atoms with van der Waals surface area (Å²) in [5.41, 5.74) is 12.2. The number of hydrogen-bond donors (Lipinski definition) is 0. The van der Waals surface area contributed by atoms with Gasteiger partial charge in [-0.25, -0.2) is 0 Å². The third-order valence-electron chi connectivity index (χ3n) is 12.5. The van der Waals surface area contributed by atoms with Gasteiger partial charge in [0.05, 0.1) is 22.3 Å². The number of benzene rings is 2. The molecule has 0 saturated heterocycles. The summed E-state index contributed by atoms with van der Waals surface area (Å²) >= 11 is 0. The maximum atomic E-state index is 14.7. The van der Waals surface area contributed by atoms with Crippen LogP contribution in [0, 0.1) is 0 Å². The average molecular weight is 769 g/mol. The van der Waals surface area contributed by atoms with E-state index in [2.05, 4.69) is 55.4 Å². The molecule has 2 aromatic rings. The molecule has 0 saturated carbocycles. The second-order valence-corrected chi connectivity index (χ2v) is 16.7. The third kappa shape index (κ3) is 9.70. The number of hydrogen-bond acceptors (Lipinski definition) is 4. The van der Waals surface area contributed by atoms with Crippen LogP contribution in [0.1, 0.15) is 244 Å². The van der Waals surface area contributed by atoms with Gasteiger partial charge in [-0.15, -0.1) is 0 Å². The fourth-order valence-corrected chi connectivity index (χ4v) is 9.32. The molecule has 6 heteroatoms. The van der Waals surface area contributed by atoms with E-state index in [-0.39, 0.29) is 23.6 Å². The van der Waals surface area contributed by atoms with Crippen LogP contribution in [-0.2, 0) is 51.4 Å². The Bertz CT molecular complexity index is 1560. The smallest absolute Gasteiger partial charge is 0.261 e. The Morgan fingerprint density at radius 2 is 0.464 bits per heavy atom. The molecule has 0 N–H and O–H groups in total. The number of amides is 4. The second-order valence-electron chi connectivity index (χ2n) is 16.7. The molecule has 0 atom stereocenters. The quantitative estimate of drug-likeness (QED) is 0.0848. The van der Waals surface area contributed by atoms with Crippen LogP contribution in [0.25, 0.3) is 0 Å². The summed E-state index contributed by atoms with van der Waals surface area (Å²) in [6, 6.07) is 0. The molecule has 0 radical (unpaired) electrons. The number of imide groups is 2. The molecule has 0 aliphatic carbocycles. The molecular weight excluding hydrogens is 693 g/mol. The van der Waals surface area contributed by atoms with Gasteiger partial charge in [0.1, 0.15) is 0 Å². The summed E-state index contributed by atoms with van der Waals surface area (Å²) < 4.78 is 0. The van der Waals surface area contributed by atoms with Gasteiger partial charge < -0.3 is 0 Å². The molecule has 2 aliphatic rings. The normalized spacial score (nSPS) is 13.9. The van der Waals surface area contributed by atoms with Crippen molar-refractivity contribution in [3.05, 3.63) is 66.8 Å². The Hall–Kier alpha value is -3.28. The summed E-state index contributed by atoms with van der Waals surface area (Å²) in [4.78, 5) is 61.4. The lowest BCUT2D eigenvalue weighted by molar-refractivity contribution is 0.0635. The Morgan fingerprint density at radius 3 is 0.679 bits per heavy atom. The van der Waals surface area contributed by atoms with Gasteiger partial charge in [0.25, 0.3) is 23.6 Å². The van der Waals surface area contributed by atoms with E-state index in [0.29, 0.717) is 48.2 Å². The van der Waals surface area contributed by atoms with Crippen molar-refractivity contribution in [2.75, 3.05) is 13.1 Å². The van der Waals surface area contributed by atoms with E-state index >= 15 is 0 Å². The summed E-state index contributed by atoms with van der Waals surface area (Å²) in [7, 11) is 0. The zero-order valence-corrected chi connectivity index (χ0v) is 36.9. The van der Waals surface area contributed by atoms with Gasteiger partial charge in [-0.05, 0) is 147 Å². The maximum absolute atomic E-state index is 14.7. The first-order valence-electron chi connectivity index (χ1n) is 23.3. The zero-order valence-electron chi connectivity index (χ0n) is 36.9. The lowest BCUT2D eigenvalue weighted by atomic mass is 9.78. The van der Waals surface area contributed by atoms with Crippen LogP contribution in [-0.4, -0.2) is 46.5 Å². The minimum absolute atomic E-state index is 0.107. The van der Waals surface area contributed by atoms with E-state index in [1.165, 1.54) is 22.3 Å². The van der Waals surface area contributed by atoms with Crippen molar-refractivity contribution in [3.8, 4) is 0 Å². The number of carbonyl (C=O) groups is 4. The molecule has 4 amide bonds. The number of fused-ring (bicyclic) bond motifs is 2. The molecular formula is C50H76N2O4. The molecule has 6 nitrogen and oxygen atoms in total. The van der Waals surface area contributed by atoms with E-state index in [0.717, 1.165) is 164 Å². The van der Waals surface area contributed by atoms with Gasteiger partial charge in [0.15, 0.2) is 0 Å². The summed E-state index contributed by atoms with van der Waals surface area (Å²) in [5, 5.41) is 0. The molecule has 0 fully saturated rings. The predicted octanol–water partition coefficient (Wildman–Crippen LogP) is 12.3. The zero-order chi connectivity index (χ0) is 40.8. The van der Waals surface area contributed by atoms with E-state index in [1.54, 1.807) is 9.80 Å². The van der Waals surface area contributed by atoms with Crippen LogP contribution in [0.15, 0.2) is 0 Å². The fraction of sp³-hybridized carbons (Fsp3) is 0.680. The molecule has 2 aromatic carbocycles. The van der Waals surface area contributed by atoms with Gasteiger partial charge in [-0.2, -0.15) is 0 Å². The van der Waals surface area contributed by atoms with Crippen molar-refractivity contribution in [1.82, 2.24) is 9.80 Å². The Labute approximate surface area is 341 Å². The number of rotatable bonds is 27. The van der Waals surface area contributed by atoms with E-state index in [4.69, 9.17) is 0 Å². The number of carbonyl (C=O) groups excluding carboxylic acids is 4. The van der Waals surface area contributed by atoms with Gasteiger partial charge in [0, 0.05) is 13.1 Å². The maximum Gasteiger partial charge on any atom is 0.261 e. The van der Waals surface area contributed by atoms with E-state index in [1.807, 2.05) is 0 Å². The van der Waals surface area contributed by atoms with Crippen molar-refractivity contribution in [2.45, 2.75) is 209 Å². The molecule has 310 valence electrons. The average Bonchev–Trinajstić information content (AvgIpc) is 3.59. The Balaban J connectivity index is 2.07. The highest BCUT2D eigenvalue weighted by molar-refractivity contribution is 6.24. The van der Waals surface area contributed by atoms with Gasteiger partial charge >= 0.3 is 0 Å². The minimum Gasteiger partial charge on any atom is -0.274 e. The largest absolute Gasteiger partial charge is 0.274 e. The highest BCUT2D eigenvalue weighted by Crippen LogP contribution is 2.41. The van der Waals surface area contributed by atoms with Crippen molar-refractivity contribution in [3.63, 3.8) is 0 Å². The van der Waals surface area contributed by atoms with Crippen LogP contribution in [0.4, 0.5) is 0 Å². The minimum atomic E-state index is -0.127. The number of nitrogens with zero attached hydrogens (tertiary/aromatic N) is 2. The highest BCUT2D eigenvalue weighted by atomic mass is 16.2. The molecule has 2 heterocycles. The van der Waals surface area contributed by atoms with E-state index in [9.17, 15) is 19.2 Å². The summed E-state index contributed by atoms with van der Waals surface area (Å²) in [6.45, 7) is 18.4. The van der Waals surface area contributed by atoms with Gasteiger partial charge in [-0.1, -0.05) is 107 Å². The first-order valence-corrected chi connectivity index (χ1v) is 23.3. The predicted molar refractivity (Wildman–Crippen MR) is 233 cm³/mol. The van der Waals surface area contributed by atoms with Crippen LogP contribution in [0.3, 0.4) is 0 Å². The molecule has 0 spiro atoms. The first-order chi connectivity index (χ1) is 27.2. The summed E-state index contributed by atoms with van der Waals surface area (Å²) in [5.74, 6) is -0.467. The lowest BCUT2D eigenvalue weighted by Gasteiger charge is -2.25. The van der Waals surface area contributed by atoms with Crippen molar-refractivity contribution in [2.24, 2.45) is 0 Å². The van der Waals surface area contributed by atoms with Crippen molar-refractivity contribution < 1.29 is 19.2 Å². The highest BCUT2D eigenvalue weighted by Gasteiger charge is 2.43. The van der Waals surface area contributed by atoms with Crippen molar-refractivity contribution >= 4 is 23.6 Å². The second kappa shape index (κ2) is 22.6. The molecule has 0 unspecified atom stereocenters. The topological polar surface area (TPSA) is 74.8 Å². The van der Waals surface area contributed by atoms with Crippen LogP contribution >= 0.6 is 0 Å². The monoisotopic (exact) mass is 769 g/mol. The van der Waals surface area contributed by atoms with Gasteiger partial charge in [-0.3, -0.25) is 29.0 Å². The molecule has 56 heavy (non-hydrogen) atoms. The number of unbranched alkanes of at least 4 members (excludes halogenated alkanes) is 8. The Morgan fingerprint density at radius 1 is 0.268 bits per heavy atom. The van der Waals surface area contributed by atoms with E-state index < -0.39 is 0 Å². The summed E-state index contributed by atoms with van der Waals surface area (Å²) in [6.07, 6.45) is 22.1. The SMILES string of the molecule is CCCCc1c(CCCC)c(CCc2c(CCCC)c(CCCC)c(CCCC)c3c2C(=O)N(CCCC)C3=O)c2c(c1CCCC)C(=O)N(CCCC)C2=O. The standard InChI is InChI=1S/C50H76N2O4/c1-9-17-25-35-37(27-19-11-3)41(45-43(39(35)29-21-13-5)47(53)51(49(45)55)33-23-15-7)31-32-42-38(28-20-12-4)36(26-18-10-2)40(30-22-14-6)44-46(42)50(56)52(48(44)54)34-24-16-8/h9-34H2,1-8H3. The molecule has 0 aromatic heterocycles. The van der Waals surface area contributed by atoms with Crippen LogP contribution in [0.2, 0.25) is 0 Å². The lowest BCUT2D eigenvalue weighted by Crippen LogP contribution is -2.31. The van der Waals surface area contributed by atoms with Crippen LogP contribution in [0.5, 0.6) is 0 Å². The van der Waals surface area contributed by atoms with Gasteiger partial charge in [0.2, 0.25) is 0 Å². The molecule has 2 aliphatic heterocycles. The molecule has 0 bridgehead atoms. The first kappa shape index (κ1) is 45.4. The fourth-order valence-electron chi connectivity index (χ4n) is 9.32. The Kier molecular flexibility index (Phi) is 18.3.